The molecule has 0 heterocycles. The maximum Gasteiger partial charge on any atom is 0.150 e. The van der Waals surface area contributed by atoms with Gasteiger partial charge in [0.15, 0.2) is 0 Å². The lowest BCUT2D eigenvalue weighted by Gasteiger charge is -2.02. The van der Waals surface area contributed by atoms with Gasteiger partial charge in [-0.1, -0.05) is 30.3 Å². The number of carbonyl (C=O) groups excluding carboxylic acids is 1. The number of hydrogen-bond acceptors (Lipinski definition) is 1. The van der Waals surface area contributed by atoms with E-state index < -0.39 is 0 Å². The van der Waals surface area contributed by atoms with Crippen molar-refractivity contribution in [2.45, 2.75) is 0 Å². The summed E-state index contributed by atoms with van der Waals surface area (Å²) in [4.78, 5) is 10.7. The minimum Gasteiger partial charge on any atom is -0.298 e. The lowest BCUT2D eigenvalue weighted by Crippen LogP contribution is -1.81. The molecule has 1 radical (unpaired) electrons. The van der Waals surface area contributed by atoms with E-state index in [-0.39, 0.29) is 0 Å². The third-order valence-electron chi connectivity index (χ3n) is 2.78. The number of carbonyl (C=O) groups is 1. The van der Waals surface area contributed by atoms with Crippen molar-refractivity contribution in [3.63, 3.8) is 0 Å². The second-order valence-corrected chi connectivity index (χ2v) is 3.83. The molecular formula is C15H9O. The van der Waals surface area contributed by atoms with Crippen LogP contribution in [0.4, 0.5) is 0 Å². The van der Waals surface area contributed by atoms with Gasteiger partial charge in [-0.3, -0.25) is 4.79 Å². The van der Waals surface area contributed by atoms with Crippen LogP contribution in [-0.4, -0.2) is 6.29 Å². The standard InChI is InChI=1S/C15H9O/c16-10-11-5-6-14-8-12-3-1-2-4-13(12)9-15(14)7-11/h1-3,5-10H. The van der Waals surface area contributed by atoms with Gasteiger partial charge in [-0.15, -0.1) is 0 Å². The van der Waals surface area contributed by atoms with E-state index in [0.29, 0.717) is 5.56 Å². The molecule has 0 spiro atoms. The molecule has 3 aromatic carbocycles. The molecule has 0 aromatic heterocycles. The van der Waals surface area contributed by atoms with Crippen LogP contribution in [0, 0.1) is 6.07 Å². The molecule has 0 N–H and O–H groups in total. The van der Waals surface area contributed by atoms with E-state index in [2.05, 4.69) is 24.3 Å². The molecule has 0 bridgehead atoms. The first-order valence-corrected chi connectivity index (χ1v) is 5.16. The summed E-state index contributed by atoms with van der Waals surface area (Å²) in [5, 5.41) is 4.49. The highest BCUT2D eigenvalue weighted by Crippen LogP contribution is 2.22. The maximum absolute atomic E-state index is 10.7. The van der Waals surface area contributed by atoms with Crippen molar-refractivity contribution < 1.29 is 4.79 Å². The Kier molecular flexibility index (Phi) is 1.97. The molecule has 0 aliphatic rings. The third-order valence-corrected chi connectivity index (χ3v) is 2.78. The summed E-state index contributed by atoms with van der Waals surface area (Å²) in [5.74, 6) is 0. The Hall–Kier alpha value is -2.15. The number of rotatable bonds is 1. The summed E-state index contributed by atoms with van der Waals surface area (Å²) in [6.45, 7) is 0. The number of fused-ring (bicyclic) bond motifs is 2. The Bertz CT molecular complexity index is 683. The van der Waals surface area contributed by atoms with Crippen molar-refractivity contribution in [1.29, 1.82) is 0 Å². The zero-order valence-electron chi connectivity index (χ0n) is 8.60. The van der Waals surface area contributed by atoms with E-state index in [4.69, 9.17) is 0 Å². The fourth-order valence-corrected chi connectivity index (χ4v) is 1.96. The van der Waals surface area contributed by atoms with E-state index >= 15 is 0 Å². The van der Waals surface area contributed by atoms with Crippen molar-refractivity contribution in [3.8, 4) is 0 Å². The van der Waals surface area contributed by atoms with E-state index in [1.807, 2.05) is 30.3 Å². The van der Waals surface area contributed by atoms with Crippen LogP contribution in [0.3, 0.4) is 0 Å². The molecule has 0 aliphatic carbocycles. The average molecular weight is 205 g/mol. The van der Waals surface area contributed by atoms with Crippen LogP contribution in [0.5, 0.6) is 0 Å². The third kappa shape index (κ3) is 1.38. The van der Waals surface area contributed by atoms with Crippen molar-refractivity contribution in [3.05, 3.63) is 60.2 Å². The molecule has 0 fully saturated rings. The van der Waals surface area contributed by atoms with E-state index in [9.17, 15) is 4.79 Å². The fourth-order valence-electron chi connectivity index (χ4n) is 1.96. The zero-order valence-corrected chi connectivity index (χ0v) is 8.60. The van der Waals surface area contributed by atoms with Crippen molar-refractivity contribution in [2.75, 3.05) is 0 Å². The second kappa shape index (κ2) is 3.46. The van der Waals surface area contributed by atoms with E-state index in [1.54, 1.807) is 0 Å². The smallest absolute Gasteiger partial charge is 0.150 e. The van der Waals surface area contributed by atoms with Crippen LogP contribution in [0.15, 0.2) is 48.5 Å². The molecule has 0 aliphatic heterocycles. The van der Waals surface area contributed by atoms with Gasteiger partial charge in [0.25, 0.3) is 0 Å². The monoisotopic (exact) mass is 205 g/mol. The number of aldehydes is 1. The predicted octanol–water partition coefficient (Wildman–Crippen LogP) is 3.61. The second-order valence-electron chi connectivity index (χ2n) is 3.83. The normalized spacial score (nSPS) is 10.8. The zero-order chi connectivity index (χ0) is 11.0. The van der Waals surface area contributed by atoms with Gasteiger partial charge in [0.05, 0.1) is 0 Å². The Labute approximate surface area is 93.3 Å². The van der Waals surface area contributed by atoms with Gasteiger partial charge in [0.1, 0.15) is 6.29 Å². The maximum atomic E-state index is 10.7. The topological polar surface area (TPSA) is 17.1 Å². The van der Waals surface area contributed by atoms with Crippen LogP contribution in [-0.2, 0) is 0 Å². The number of benzene rings is 3. The van der Waals surface area contributed by atoms with Crippen molar-refractivity contribution in [1.82, 2.24) is 0 Å². The molecule has 0 saturated heterocycles. The van der Waals surface area contributed by atoms with Crippen LogP contribution in [0.1, 0.15) is 10.4 Å². The molecule has 0 unspecified atom stereocenters. The lowest BCUT2D eigenvalue weighted by atomic mass is 10.0. The van der Waals surface area contributed by atoms with Gasteiger partial charge in [-0.25, -0.2) is 0 Å². The summed E-state index contributed by atoms with van der Waals surface area (Å²) in [7, 11) is 0. The highest BCUT2D eigenvalue weighted by Gasteiger charge is 1.98. The molecule has 1 heteroatoms. The molecule has 3 rings (SSSR count). The number of hydrogen-bond donors (Lipinski definition) is 0. The van der Waals surface area contributed by atoms with Crippen LogP contribution in [0.2, 0.25) is 0 Å². The van der Waals surface area contributed by atoms with E-state index in [0.717, 1.165) is 22.4 Å². The van der Waals surface area contributed by atoms with Gasteiger partial charge in [-0.2, -0.15) is 0 Å². The molecule has 0 saturated carbocycles. The lowest BCUT2D eigenvalue weighted by molar-refractivity contribution is 0.112. The van der Waals surface area contributed by atoms with Gasteiger partial charge >= 0.3 is 0 Å². The Morgan fingerprint density at radius 3 is 2.75 bits per heavy atom. The minimum absolute atomic E-state index is 0.711. The van der Waals surface area contributed by atoms with Crippen molar-refractivity contribution in [2.24, 2.45) is 0 Å². The average Bonchev–Trinajstić information content (AvgIpc) is 2.35. The summed E-state index contributed by atoms with van der Waals surface area (Å²) < 4.78 is 0. The quantitative estimate of drug-likeness (QED) is 0.438. The largest absolute Gasteiger partial charge is 0.298 e. The van der Waals surface area contributed by atoms with Gasteiger partial charge < -0.3 is 0 Å². The summed E-state index contributed by atoms with van der Waals surface area (Å²) in [6.07, 6.45) is 0.873. The Balaban J connectivity index is 2.41. The first kappa shape index (κ1) is 9.10. The molecule has 75 valence electrons. The Morgan fingerprint density at radius 2 is 1.88 bits per heavy atom. The summed E-state index contributed by atoms with van der Waals surface area (Å²) >= 11 is 0. The first-order valence-electron chi connectivity index (χ1n) is 5.16. The molecule has 1 nitrogen and oxygen atoms in total. The molecular weight excluding hydrogens is 196 g/mol. The summed E-state index contributed by atoms with van der Waals surface area (Å²) in [6, 6.07) is 19.1. The summed E-state index contributed by atoms with van der Waals surface area (Å²) in [5.41, 5.74) is 0.711. The fraction of sp³-hybridized carbons (Fsp3) is 0. The highest BCUT2D eigenvalue weighted by atomic mass is 16.1. The Morgan fingerprint density at radius 1 is 0.938 bits per heavy atom. The SMILES string of the molecule is O=Cc1ccc2cc3ccc[c]c3cc2c1. The molecule has 0 atom stereocenters. The van der Waals surface area contributed by atoms with E-state index in [1.165, 1.54) is 5.39 Å². The van der Waals surface area contributed by atoms with Crippen LogP contribution < -0.4 is 0 Å². The molecule has 0 amide bonds. The van der Waals surface area contributed by atoms with Gasteiger partial charge in [0.2, 0.25) is 0 Å². The minimum atomic E-state index is 0.711. The van der Waals surface area contributed by atoms with Crippen molar-refractivity contribution >= 4 is 27.8 Å². The van der Waals surface area contributed by atoms with Crippen LogP contribution >= 0.6 is 0 Å². The highest BCUT2D eigenvalue weighted by molar-refractivity contribution is 5.99. The van der Waals surface area contributed by atoms with Crippen LogP contribution in [0.25, 0.3) is 21.5 Å². The molecule has 3 aromatic rings. The predicted molar refractivity (Wildman–Crippen MR) is 65.7 cm³/mol. The molecule has 16 heavy (non-hydrogen) atoms. The van der Waals surface area contributed by atoms with Gasteiger partial charge in [0, 0.05) is 5.56 Å². The van der Waals surface area contributed by atoms with Gasteiger partial charge in [-0.05, 0) is 45.8 Å². The first-order chi connectivity index (χ1) is 7.86.